The van der Waals surface area contributed by atoms with Crippen molar-refractivity contribution in [2.75, 3.05) is 5.32 Å². The van der Waals surface area contributed by atoms with Gasteiger partial charge >= 0.3 is 0 Å². The lowest BCUT2D eigenvalue weighted by Gasteiger charge is -2.09. The molecule has 1 aromatic carbocycles. The fourth-order valence-corrected chi connectivity index (χ4v) is 1.12. The fourth-order valence-electron chi connectivity index (χ4n) is 1.12. The van der Waals surface area contributed by atoms with Gasteiger partial charge in [-0.3, -0.25) is 4.79 Å². The van der Waals surface area contributed by atoms with Crippen LogP contribution < -0.4 is 5.32 Å². The Bertz CT molecular complexity index is 412. The Morgan fingerprint density at radius 3 is 2.65 bits per heavy atom. The van der Waals surface area contributed by atoms with Gasteiger partial charge in [-0.2, -0.15) is 0 Å². The van der Waals surface area contributed by atoms with Crippen LogP contribution in [-0.2, 0) is 4.79 Å². The van der Waals surface area contributed by atoms with Crippen LogP contribution in [0.1, 0.15) is 13.3 Å². The van der Waals surface area contributed by atoms with E-state index in [1.165, 1.54) is 6.07 Å². The molecule has 0 heterocycles. The summed E-state index contributed by atoms with van der Waals surface area (Å²) in [7, 11) is 0. The van der Waals surface area contributed by atoms with Gasteiger partial charge in [0, 0.05) is 17.7 Å². The number of rotatable bonds is 4. The molecule has 0 spiro atoms. The molecule has 0 radical (unpaired) electrons. The molecule has 0 fully saturated rings. The monoisotopic (exact) mass is 262 g/mol. The highest BCUT2D eigenvalue weighted by molar-refractivity contribution is 5.93. The summed E-state index contributed by atoms with van der Waals surface area (Å²) in [6.07, 6.45) is 1.45. The summed E-state index contributed by atoms with van der Waals surface area (Å²) in [5, 5.41) is 9.30. The highest BCUT2D eigenvalue weighted by Gasteiger charge is 2.12. The molecule has 17 heavy (non-hydrogen) atoms. The third-order valence-electron chi connectivity index (χ3n) is 2.11. The summed E-state index contributed by atoms with van der Waals surface area (Å²) >= 11 is 0. The van der Waals surface area contributed by atoms with Crippen molar-refractivity contribution in [3.8, 4) is 0 Å². The van der Waals surface area contributed by atoms with Crippen LogP contribution in [0.5, 0.6) is 0 Å². The van der Waals surface area contributed by atoms with Gasteiger partial charge in [0.15, 0.2) is 11.6 Å². The van der Waals surface area contributed by atoms with Crippen LogP contribution >= 0.6 is 12.4 Å². The van der Waals surface area contributed by atoms with Gasteiger partial charge in [-0.25, -0.2) is 8.78 Å². The van der Waals surface area contributed by atoms with Gasteiger partial charge < -0.3 is 10.7 Å². The first kappa shape index (κ1) is 15.5. The molecule has 0 bridgehead atoms. The number of benzene rings is 1. The van der Waals surface area contributed by atoms with E-state index in [2.05, 4.69) is 5.32 Å². The van der Waals surface area contributed by atoms with E-state index in [1.54, 1.807) is 6.92 Å². The second-order valence-corrected chi connectivity index (χ2v) is 3.46. The van der Waals surface area contributed by atoms with Crippen LogP contribution in [0.4, 0.5) is 14.5 Å². The molecule has 94 valence electrons. The molecule has 0 aliphatic rings. The first-order chi connectivity index (χ1) is 7.54. The maximum Gasteiger partial charge on any atom is 0.227 e. The molecule has 0 unspecified atom stereocenters. The van der Waals surface area contributed by atoms with Gasteiger partial charge in [-0.1, -0.05) is 6.92 Å². The molecule has 1 amide bonds. The molecular formula is C11H13ClF2N2O. The molecule has 0 aromatic heterocycles. The minimum atomic E-state index is -1.00. The molecule has 6 heteroatoms. The number of hydrogen-bond acceptors (Lipinski definition) is 2. The molecular weight excluding hydrogens is 250 g/mol. The summed E-state index contributed by atoms with van der Waals surface area (Å²) in [6.45, 7) is 1.65. The van der Waals surface area contributed by atoms with E-state index >= 15 is 0 Å². The minimum absolute atomic E-state index is 0. The Morgan fingerprint density at radius 1 is 1.47 bits per heavy atom. The molecule has 0 saturated heterocycles. The van der Waals surface area contributed by atoms with Crippen LogP contribution in [0.2, 0.25) is 0 Å². The van der Waals surface area contributed by atoms with E-state index in [1.807, 2.05) is 0 Å². The minimum Gasteiger partial charge on any atom is -0.326 e. The van der Waals surface area contributed by atoms with Crippen LogP contribution in [0, 0.1) is 23.0 Å². The van der Waals surface area contributed by atoms with Crippen molar-refractivity contribution in [3.05, 3.63) is 29.8 Å². The summed E-state index contributed by atoms with van der Waals surface area (Å²) < 4.78 is 25.4. The van der Waals surface area contributed by atoms with Gasteiger partial charge in [-0.05, 0) is 24.8 Å². The zero-order valence-corrected chi connectivity index (χ0v) is 9.98. The summed E-state index contributed by atoms with van der Waals surface area (Å²) in [6, 6.07) is 3.16. The van der Waals surface area contributed by atoms with Gasteiger partial charge in [0.1, 0.15) is 0 Å². The standard InChI is InChI=1S/C11H12F2N2O.ClH/c1-7(4-5-14)11(16)15-8-2-3-9(12)10(13)6-8;/h2-3,5-7,14H,4H2,1H3,(H,15,16);1H/t7-;/m0./s1. The van der Waals surface area contributed by atoms with E-state index in [0.717, 1.165) is 18.3 Å². The van der Waals surface area contributed by atoms with E-state index in [-0.39, 0.29) is 29.9 Å². The Morgan fingerprint density at radius 2 is 2.12 bits per heavy atom. The van der Waals surface area contributed by atoms with E-state index < -0.39 is 11.6 Å². The molecule has 1 aromatic rings. The van der Waals surface area contributed by atoms with E-state index in [4.69, 9.17) is 5.41 Å². The Balaban J connectivity index is 0.00000256. The predicted molar refractivity (Wildman–Crippen MR) is 64.8 cm³/mol. The maximum absolute atomic E-state index is 12.8. The lowest BCUT2D eigenvalue weighted by atomic mass is 10.1. The van der Waals surface area contributed by atoms with E-state index in [0.29, 0.717) is 6.42 Å². The molecule has 0 saturated carbocycles. The van der Waals surface area contributed by atoms with Crippen LogP contribution in [0.3, 0.4) is 0 Å². The number of carbonyl (C=O) groups excluding carboxylic acids is 1. The summed E-state index contributed by atoms with van der Waals surface area (Å²) in [5.74, 6) is -2.65. The largest absolute Gasteiger partial charge is 0.326 e. The molecule has 1 atom stereocenters. The number of carbonyl (C=O) groups is 1. The van der Waals surface area contributed by atoms with Crippen molar-refractivity contribution in [3.63, 3.8) is 0 Å². The third-order valence-corrected chi connectivity index (χ3v) is 2.11. The predicted octanol–water partition coefficient (Wildman–Crippen LogP) is 3.00. The first-order valence-electron chi connectivity index (χ1n) is 4.79. The first-order valence-corrected chi connectivity index (χ1v) is 4.79. The second-order valence-electron chi connectivity index (χ2n) is 3.46. The quantitative estimate of drug-likeness (QED) is 0.805. The molecule has 1 rings (SSSR count). The van der Waals surface area contributed by atoms with Crippen molar-refractivity contribution < 1.29 is 13.6 Å². The Kier molecular flexibility index (Phi) is 6.35. The number of amides is 1. The molecule has 0 aliphatic carbocycles. The van der Waals surface area contributed by atoms with Gasteiger partial charge in [0.2, 0.25) is 5.91 Å². The SMILES string of the molecule is C[C@@H](CC=N)C(=O)Nc1ccc(F)c(F)c1.Cl. The van der Waals surface area contributed by atoms with Gasteiger partial charge in [0.05, 0.1) is 0 Å². The number of nitrogens with one attached hydrogen (secondary N) is 2. The lowest BCUT2D eigenvalue weighted by molar-refractivity contribution is -0.119. The van der Waals surface area contributed by atoms with Crippen LogP contribution in [-0.4, -0.2) is 12.1 Å². The van der Waals surface area contributed by atoms with Crippen molar-refractivity contribution >= 4 is 30.2 Å². The highest BCUT2D eigenvalue weighted by atomic mass is 35.5. The normalized spacial score (nSPS) is 11.2. The average Bonchev–Trinajstić information content (AvgIpc) is 2.24. The fraction of sp³-hybridized carbons (Fsp3) is 0.273. The summed E-state index contributed by atoms with van der Waals surface area (Å²) in [5.41, 5.74) is 0.209. The van der Waals surface area contributed by atoms with Crippen molar-refractivity contribution in [2.45, 2.75) is 13.3 Å². The topological polar surface area (TPSA) is 53.0 Å². The van der Waals surface area contributed by atoms with E-state index in [9.17, 15) is 13.6 Å². The van der Waals surface area contributed by atoms with Gasteiger partial charge in [-0.15, -0.1) is 12.4 Å². The van der Waals surface area contributed by atoms with Gasteiger partial charge in [0.25, 0.3) is 0 Å². The zero-order chi connectivity index (χ0) is 12.1. The van der Waals surface area contributed by atoms with Crippen molar-refractivity contribution in [2.24, 2.45) is 5.92 Å². The number of hydrogen-bond donors (Lipinski definition) is 2. The molecule has 2 N–H and O–H groups in total. The van der Waals surface area contributed by atoms with Crippen LogP contribution in [0.25, 0.3) is 0 Å². The highest BCUT2D eigenvalue weighted by Crippen LogP contribution is 2.14. The molecule has 3 nitrogen and oxygen atoms in total. The second kappa shape index (κ2) is 6.96. The van der Waals surface area contributed by atoms with Crippen molar-refractivity contribution in [1.82, 2.24) is 0 Å². The zero-order valence-electron chi connectivity index (χ0n) is 9.17. The lowest BCUT2D eigenvalue weighted by Crippen LogP contribution is -2.20. The Labute approximate surface area is 104 Å². The Hall–Kier alpha value is -1.49. The average molecular weight is 263 g/mol. The summed E-state index contributed by atoms with van der Waals surface area (Å²) in [4.78, 5) is 11.5. The third kappa shape index (κ3) is 4.48. The van der Waals surface area contributed by atoms with Crippen LogP contribution in [0.15, 0.2) is 18.2 Å². The number of anilines is 1. The molecule has 0 aliphatic heterocycles. The van der Waals surface area contributed by atoms with Crippen molar-refractivity contribution in [1.29, 1.82) is 5.41 Å². The number of halogens is 3. The smallest absolute Gasteiger partial charge is 0.227 e. The maximum atomic E-state index is 12.8.